The van der Waals surface area contributed by atoms with Crippen LogP contribution in [0.15, 0.2) is 12.2 Å². The highest BCUT2D eigenvalue weighted by Crippen LogP contribution is 2.49. The number of allylic oxidation sites excluding steroid dienone is 1. The van der Waals surface area contributed by atoms with Crippen LogP contribution in [0.5, 0.6) is 0 Å². The Hall–Kier alpha value is -0.300. The summed E-state index contributed by atoms with van der Waals surface area (Å²) in [6, 6.07) is 0. The predicted octanol–water partition coefficient (Wildman–Crippen LogP) is 3.16. The average molecular weight is 180 g/mol. The van der Waals surface area contributed by atoms with Crippen molar-refractivity contribution in [3.63, 3.8) is 0 Å². The molecule has 2 rings (SSSR count). The van der Waals surface area contributed by atoms with Gasteiger partial charge in [0.15, 0.2) is 0 Å². The Balaban J connectivity index is 1.72. The summed E-state index contributed by atoms with van der Waals surface area (Å²) in [5.41, 5.74) is 0.457. The van der Waals surface area contributed by atoms with E-state index in [1.165, 1.54) is 32.1 Å². The average Bonchev–Trinajstić information content (AvgIpc) is 2.72. The van der Waals surface area contributed by atoms with Gasteiger partial charge < -0.3 is 4.74 Å². The van der Waals surface area contributed by atoms with Gasteiger partial charge in [-0.25, -0.2) is 0 Å². The first kappa shape index (κ1) is 9.26. The molecule has 1 heteroatoms. The van der Waals surface area contributed by atoms with E-state index < -0.39 is 0 Å². The summed E-state index contributed by atoms with van der Waals surface area (Å²) in [5.74, 6) is 0.884. The molecule has 1 saturated carbocycles. The van der Waals surface area contributed by atoms with E-state index in [0.717, 1.165) is 19.1 Å². The molecule has 74 valence electrons. The highest BCUT2D eigenvalue weighted by atomic mass is 16.5. The lowest BCUT2D eigenvalue weighted by Crippen LogP contribution is -2.19. The molecule has 0 radical (unpaired) electrons. The van der Waals surface area contributed by atoms with Crippen molar-refractivity contribution in [3.05, 3.63) is 12.2 Å². The van der Waals surface area contributed by atoms with Gasteiger partial charge in [-0.15, -0.1) is 0 Å². The topological polar surface area (TPSA) is 9.23 Å². The van der Waals surface area contributed by atoms with Crippen LogP contribution in [0.1, 0.15) is 39.0 Å². The van der Waals surface area contributed by atoms with Crippen LogP contribution in [0, 0.1) is 11.3 Å². The number of hydrogen-bond donors (Lipinski definition) is 0. The van der Waals surface area contributed by atoms with Gasteiger partial charge >= 0.3 is 0 Å². The van der Waals surface area contributed by atoms with Crippen LogP contribution in [0.3, 0.4) is 0 Å². The third kappa shape index (κ3) is 1.96. The first-order chi connectivity index (χ1) is 6.35. The standard InChI is InChI=1S/C12H20O/c1-2-3-8-13-10-12-6-4-11(9-12)5-7-12/h4,6,11H,2-3,5,7-10H2,1H3/t11-,12-/m0/s1. The lowest BCUT2D eigenvalue weighted by molar-refractivity contribution is 0.0702. The zero-order valence-electron chi connectivity index (χ0n) is 8.59. The molecule has 1 nitrogen and oxygen atoms in total. The molecule has 0 aromatic rings. The molecular formula is C12H20O. The fourth-order valence-corrected chi connectivity index (χ4v) is 2.56. The molecule has 0 N–H and O–H groups in total. The molecule has 2 aliphatic rings. The van der Waals surface area contributed by atoms with Crippen LogP contribution in [0.2, 0.25) is 0 Å². The van der Waals surface area contributed by atoms with Crippen molar-refractivity contribution in [1.82, 2.24) is 0 Å². The molecule has 2 atom stereocenters. The summed E-state index contributed by atoms with van der Waals surface area (Å²) in [7, 11) is 0. The summed E-state index contributed by atoms with van der Waals surface area (Å²) in [6.45, 7) is 4.14. The van der Waals surface area contributed by atoms with Crippen LogP contribution in [0.25, 0.3) is 0 Å². The van der Waals surface area contributed by atoms with Crippen LogP contribution in [-0.4, -0.2) is 13.2 Å². The fourth-order valence-electron chi connectivity index (χ4n) is 2.56. The zero-order valence-corrected chi connectivity index (χ0v) is 8.59. The van der Waals surface area contributed by atoms with Crippen molar-refractivity contribution in [2.24, 2.45) is 11.3 Å². The van der Waals surface area contributed by atoms with E-state index in [0.29, 0.717) is 5.41 Å². The molecule has 1 fully saturated rings. The third-order valence-electron chi connectivity index (χ3n) is 3.44. The second-order valence-electron chi connectivity index (χ2n) is 4.63. The summed E-state index contributed by atoms with van der Waals surface area (Å²) in [5, 5.41) is 0. The van der Waals surface area contributed by atoms with Crippen LogP contribution in [0.4, 0.5) is 0 Å². The molecule has 0 aromatic carbocycles. The van der Waals surface area contributed by atoms with E-state index in [-0.39, 0.29) is 0 Å². The number of hydrogen-bond acceptors (Lipinski definition) is 1. The number of unbranched alkanes of at least 4 members (excludes halogenated alkanes) is 1. The van der Waals surface area contributed by atoms with Crippen LogP contribution >= 0.6 is 0 Å². The van der Waals surface area contributed by atoms with Gasteiger partial charge in [0.2, 0.25) is 0 Å². The monoisotopic (exact) mass is 180 g/mol. The highest BCUT2D eigenvalue weighted by molar-refractivity contribution is 5.15. The van der Waals surface area contributed by atoms with Gasteiger partial charge in [-0.05, 0) is 31.6 Å². The Kier molecular flexibility index (Phi) is 2.73. The van der Waals surface area contributed by atoms with Crippen molar-refractivity contribution < 1.29 is 4.74 Å². The minimum Gasteiger partial charge on any atom is -0.381 e. The summed E-state index contributed by atoms with van der Waals surface area (Å²) >= 11 is 0. The molecule has 0 aromatic heterocycles. The third-order valence-corrected chi connectivity index (χ3v) is 3.44. The maximum Gasteiger partial charge on any atom is 0.0557 e. The SMILES string of the molecule is CCCCOC[C@@]12C=C[C@@H](CC1)C2. The van der Waals surface area contributed by atoms with Crippen molar-refractivity contribution in [2.75, 3.05) is 13.2 Å². The predicted molar refractivity (Wildman–Crippen MR) is 54.6 cm³/mol. The zero-order chi connectivity index (χ0) is 9.15. The highest BCUT2D eigenvalue weighted by Gasteiger charge is 2.40. The first-order valence-electron chi connectivity index (χ1n) is 5.62. The lowest BCUT2D eigenvalue weighted by atomic mass is 9.89. The maximum absolute atomic E-state index is 5.73. The van der Waals surface area contributed by atoms with Gasteiger partial charge in [0, 0.05) is 12.0 Å². The molecular weight excluding hydrogens is 160 g/mol. The first-order valence-corrected chi connectivity index (χ1v) is 5.62. The Bertz CT molecular complexity index is 197. The lowest BCUT2D eigenvalue weighted by Gasteiger charge is -2.22. The van der Waals surface area contributed by atoms with E-state index in [1.54, 1.807) is 0 Å². The molecule has 2 aliphatic carbocycles. The van der Waals surface area contributed by atoms with E-state index in [2.05, 4.69) is 19.1 Å². The van der Waals surface area contributed by atoms with Gasteiger partial charge in [-0.3, -0.25) is 0 Å². The smallest absolute Gasteiger partial charge is 0.0557 e. The summed E-state index contributed by atoms with van der Waals surface area (Å²) in [4.78, 5) is 0. The van der Waals surface area contributed by atoms with Crippen LogP contribution < -0.4 is 0 Å². The van der Waals surface area contributed by atoms with Crippen molar-refractivity contribution in [2.45, 2.75) is 39.0 Å². The summed E-state index contributed by atoms with van der Waals surface area (Å²) < 4.78 is 5.73. The Labute approximate surface area is 81.2 Å². The van der Waals surface area contributed by atoms with E-state index >= 15 is 0 Å². The minimum absolute atomic E-state index is 0.457. The Morgan fingerprint density at radius 1 is 1.54 bits per heavy atom. The largest absolute Gasteiger partial charge is 0.381 e. The summed E-state index contributed by atoms with van der Waals surface area (Å²) in [6.07, 6.45) is 11.4. The molecule has 0 saturated heterocycles. The molecule has 0 aliphatic heterocycles. The minimum atomic E-state index is 0.457. The Morgan fingerprint density at radius 2 is 2.46 bits per heavy atom. The number of ether oxygens (including phenoxy) is 1. The van der Waals surface area contributed by atoms with E-state index in [4.69, 9.17) is 4.74 Å². The van der Waals surface area contributed by atoms with Crippen molar-refractivity contribution in [1.29, 1.82) is 0 Å². The van der Waals surface area contributed by atoms with Gasteiger partial charge in [-0.1, -0.05) is 25.5 Å². The van der Waals surface area contributed by atoms with Gasteiger partial charge in [0.1, 0.15) is 0 Å². The number of rotatable bonds is 5. The second-order valence-corrected chi connectivity index (χ2v) is 4.63. The fraction of sp³-hybridized carbons (Fsp3) is 0.833. The quantitative estimate of drug-likeness (QED) is 0.466. The molecule has 0 amide bonds. The van der Waals surface area contributed by atoms with Gasteiger partial charge in [0.25, 0.3) is 0 Å². The van der Waals surface area contributed by atoms with Crippen molar-refractivity contribution >= 4 is 0 Å². The van der Waals surface area contributed by atoms with Gasteiger partial charge in [0.05, 0.1) is 6.61 Å². The number of fused-ring (bicyclic) bond motifs is 2. The molecule has 0 unspecified atom stereocenters. The van der Waals surface area contributed by atoms with Crippen LogP contribution in [-0.2, 0) is 4.74 Å². The molecule has 0 spiro atoms. The molecule has 0 heterocycles. The molecule has 2 bridgehead atoms. The van der Waals surface area contributed by atoms with E-state index in [9.17, 15) is 0 Å². The molecule has 13 heavy (non-hydrogen) atoms. The van der Waals surface area contributed by atoms with Gasteiger partial charge in [-0.2, -0.15) is 0 Å². The van der Waals surface area contributed by atoms with Crippen molar-refractivity contribution in [3.8, 4) is 0 Å². The second kappa shape index (κ2) is 3.83. The van der Waals surface area contributed by atoms with E-state index in [1.807, 2.05) is 0 Å². The maximum atomic E-state index is 5.73. The Morgan fingerprint density at radius 3 is 3.00 bits per heavy atom. The normalized spacial score (nSPS) is 35.9.